The second-order valence-electron chi connectivity index (χ2n) is 5.44. The summed E-state index contributed by atoms with van der Waals surface area (Å²) in [6.07, 6.45) is 5.72. The van der Waals surface area contributed by atoms with Crippen LogP contribution in [0.3, 0.4) is 0 Å². The molecule has 0 radical (unpaired) electrons. The van der Waals surface area contributed by atoms with E-state index in [9.17, 15) is 4.79 Å². The maximum absolute atomic E-state index is 12.7. The number of carbonyl (C=O) groups is 1. The van der Waals surface area contributed by atoms with Crippen molar-refractivity contribution in [1.82, 2.24) is 9.88 Å². The van der Waals surface area contributed by atoms with Gasteiger partial charge in [0.25, 0.3) is 5.91 Å². The molecule has 6 heteroatoms. The molecule has 3 heterocycles. The lowest BCUT2D eigenvalue weighted by Gasteiger charge is -2.20. The molecule has 1 amide bonds. The maximum Gasteiger partial charge on any atom is 0.254 e. The summed E-state index contributed by atoms with van der Waals surface area (Å²) < 4.78 is 16.1. The van der Waals surface area contributed by atoms with Crippen LogP contribution in [0.2, 0.25) is 0 Å². The minimum Gasteiger partial charge on any atom is -0.472 e. The fourth-order valence-electron chi connectivity index (χ4n) is 2.50. The number of pyridine rings is 1. The Morgan fingerprint density at radius 2 is 2.39 bits per heavy atom. The molecule has 2 aromatic heterocycles. The Morgan fingerprint density at radius 3 is 3.09 bits per heavy atom. The number of aromatic nitrogens is 1. The molecule has 0 spiro atoms. The van der Waals surface area contributed by atoms with E-state index < -0.39 is 0 Å². The fourth-order valence-corrected chi connectivity index (χ4v) is 2.50. The van der Waals surface area contributed by atoms with E-state index in [1.54, 1.807) is 35.8 Å². The van der Waals surface area contributed by atoms with Gasteiger partial charge in [-0.1, -0.05) is 0 Å². The smallest absolute Gasteiger partial charge is 0.254 e. The minimum absolute atomic E-state index is 0.0149. The topological polar surface area (TPSA) is 64.8 Å². The van der Waals surface area contributed by atoms with Crippen molar-refractivity contribution < 1.29 is 18.7 Å². The van der Waals surface area contributed by atoms with Crippen molar-refractivity contribution in [2.45, 2.75) is 26.0 Å². The number of hydrogen-bond acceptors (Lipinski definition) is 5. The Labute approximate surface area is 135 Å². The summed E-state index contributed by atoms with van der Waals surface area (Å²) in [5, 5.41) is 0. The molecule has 23 heavy (non-hydrogen) atoms. The van der Waals surface area contributed by atoms with Crippen molar-refractivity contribution in [2.75, 3.05) is 19.8 Å². The van der Waals surface area contributed by atoms with Crippen LogP contribution in [-0.2, 0) is 11.3 Å². The van der Waals surface area contributed by atoms with Gasteiger partial charge in [0.05, 0.1) is 25.7 Å². The van der Waals surface area contributed by atoms with Gasteiger partial charge in [0.1, 0.15) is 6.10 Å². The lowest BCUT2D eigenvalue weighted by atomic mass is 10.2. The normalized spacial score (nSPS) is 17.2. The first kappa shape index (κ1) is 15.6. The zero-order valence-electron chi connectivity index (χ0n) is 13.1. The van der Waals surface area contributed by atoms with Crippen LogP contribution in [0.5, 0.6) is 5.88 Å². The molecule has 0 N–H and O–H groups in total. The monoisotopic (exact) mass is 316 g/mol. The highest BCUT2D eigenvalue weighted by atomic mass is 16.5. The van der Waals surface area contributed by atoms with Gasteiger partial charge in [0.2, 0.25) is 5.88 Å². The van der Waals surface area contributed by atoms with Gasteiger partial charge in [-0.15, -0.1) is 0 Å². The number of carbonyl (C=O) groups excluding carboxylic acids is 1. The van der Waals surface area contributed by atoms with Gasteiger partial charge in [0, 0.05) is 42.9 Å². The summed E-state index contributed by atoms with van der Waals surface area (Å²) in [7, 11) is 0. The molecule has 1 saturated heterocycles. The number of nitrogens with zero attached hydrogens (tertiary/aromatic N) is 2. The summed E-state index contributed by atoms with van der Waals surface area (Å²) in [6.45, 7) is 4.35. The molecule has 0 aliphatic carbocycles. The molecule has 0 saturated carbocycles. The van der Waals surface area contributed by atoms with Crippen LogP contribution < -0.4 is 4.74 Å². The third-order valence-electron chi connectivity index (χ3n) is 3.78. The van der Waals surface area contributed by atoms with Crippen molar-refractivity contribution in [3.05, 3.63) is 48.0 Å². The predicted octanol–water partition coefficient (Wildman–Crippen LogP) is 2.50. The van der Waals surface area contributed by atoms with Crippen LogP contribution in [0.15, 0.2) is 41.3 Å². The third-order valence-corrected chi connectivity index (χ3v) is 3.78. The molecule has 6 nitrogen and oxygen atoms in total. The van der Waals surface area contributed by atoms with Crippen molar-refractivity contribution in [3.63, 3.8) is 0 Å². The predicted molar refractivity (Wildman–Crippen MR) is 83.2 cm³/mol. The Hall–Kier alpha value is -2.34. The average molecular weight is 316 g/mol. The highest BCUT2D eigenvalue weighted by molar-refractivity contribution is 5.94. The zero-order valence-corrected chi connectivity index (χ0v) is 13.1. The van der Waals surface area contributed by atoms with Crippen LogP contribution in [0.4, 0.5) is 0 Å². The third kappa shape index (κ3) is 3.90. The maximum atomic E-state index is 12.7. The average Bonchev–Trinajstić information content (AvgIpc) is 3.26. The molecular weight excluding hydrogens is 296 g/mol. The van der Waals surface area contributed by atoms with Crippen LogP contribution >= 0.6 is 0 Å². The Kier molecular flexibility index (Phi) is 4.92. The first-order valence-electron chi connectivity index (χ1n) is 7.77. The van der Waals surface area contributed by atoms with E-state index in [2.05, 4.69) is 4.98 Å². The van der Waals surface area contributed by atoms with Crippen LogP contribution in [0.1, 0.15) is 29.3 Å². The quantitative estimate of drug-likeness (QED) is 0.819. The first-order chi connectivity index (χ1) is 11.3. The SMILES string of the molecule is CCN(Cc1ccoc1)C(=O)c1ccnc(O[C@H]2CCOC2)c1. The number of ether oxygens (including phenoxy) is 2. The highest BCUT2D eigenvalue weighted by Gasteiger charge is 2.20. The molecule has 0 bridgehead atoms. The van der Waals surface area contributed by atoms with E-state index in [0.717, 1.165) is 12.0 Å². The number of amides is 1. The summed E-state index contributed by atoms with van der Waals surface area (Å²) in [5.74, 6) is 0.411. The highest BCUT2D eigenvalue weighted by Crippen LogP contribution is 2.17. The van der Waals surface area contributed by atoms with Crippen molar-refractivity contribution >= 4 is 5.91 Å². The Morgan fingerprint density at radius 1 is 1.48 bits per heavy atom. The van der Waals surface area contributed by atoms with Crippen LogP contribution in [0.25, 0.3) is 0 Å². The zero-order chi connectivity index (χ0) is 16.1. The molecule has 1 aliphatic rings. The van der Waals surface area contributed by atoms with Gasteiger partial charge < -0.3 is 18.8 Å². The van der Waals surface area contributed by atoms with Gasteiger partial charge in [0.15, 0.2) is 0 Å². The molecule has 0 aromatic carbocycles. The molecular formula is C17H20N2O4. The van der Waals surface area contributed by atoms with E-state index in [0.29, 0.717) is 37.7 Å². The van der Waals surface area contributed by atoms with Crippen molar-refractivity contribution in [3.8, 4) is 5.88 Å². The van der Waals surface area contributed by atoms with Gasteiger partial charge in [-0.05, 0) is 19.1 Å². The van der Waals surface area contributed by atoms with Gasteiger partial charge in [-0.2, -0.15) is 0 Å². The lowest BCUT2D eigenvalue weighted by molar-refractivity contribution is 0.0751. The number of furan rings is 1. The van der Waals surface area contributed by atoms with Crippen LogP contribution in [-0.4, -0.2) is 41.7 Å². The molecule has 0 unspecified atom stereocenters. The second-order valence-corrected chi connectivity index (χ2v) is 5.44. The van der Waals surface area contributed by atoms with Gasteiger partial charge in [-0.25, -0.2) is 4.98 Å². The van der Waals surface area contributed by atoms with E-state index in [1.165, 1.54) is 0 Å². The Bertz CT molecular complexity index is 636. The summed E-state index contributed by atoms with van der Waals surface area (Å²) >= 11 is 0. The largest absolute Gasteiger partial charge is 0.472 e. The molecule has 122 valence electrons. The molecule has 1 aliphatic heterocycles. The summed E-state index contributed by atoms with van der Waals surface area (Å²) in [6, 6.07) is 5.26. The van der Waals surface area contributed by atoms with E-state index in [-0.39, 0.29) is 12.0 Å². The summed E-state index contributed by atoms with van der Waals surface area (Å²) in [5.41, 5.74) is 1.54. The molecule has 1 fully saturated rings. The lowest BCUT2D eigenvalue weighted by Crippen LogP contribution is -2.30. The Balaban J connectivity index is 1.70. The van der Waals surface area contributed by atoms with Gasteiger partial charge >= 0.3 is 0 Å². The molecule has 1 atom stereocenters. The van der Waals surface area contributed by atoms with E-state index in [1.807, 2.05) is 13.0 Å². The van der Waals surface area contributed by atoms with E-state index >= 15 is 0 Å². The standard InChI is InChI=1S/C17H20N2O4/c1-2-19(10-13-4-7-21-11-13)17(20)14-3-6-18-16(9-14)23-15-5-8-22-12-15/h3-4,6-7,9,11,15H,2,5,8,10,12H2,1H3/t15-/m0/s1. The van der Waals surface area contributed by atoms with Crippen molar-refractivity contribution in [1.29, 1.82) is 0 Å². The molecule has 2 aromatic rings. The fraction of sp³-hybridized carbons (Fsp3) is 0.412. The minimum atomic E-state index is -0.0522. The first-order valence-corrected chi connectivity index (χ1v) is 7.77. The van der Waals surface area contributed by atoms with Gasteiger partial charge in [-0.3, -0.25) is 4.79 Å². The van der Waals surface area contributed by atoms with Crippen LogP contribution in [0, 0.1) is 0 Å². The molecule has 3 rings (SSSR count). The number of rotatable bonds is 6. The summed E-state index contributed by atoms with van der Waals surface area (Å²) in [4.78, 5) is 18.6. The second kappa shape index (κ2) is 7.28. The number of hydrogen-bond donors (Lipinski definition) is 0. The van der Waals surface area contributed by atoms with Crippen molar-refractivity contribution in [2.24, 2.45) is 0 Å². The van der Waals surface area contributed by atoms with E-state index in [4.69, 9.17) is 13.9 Å².